The second kappa shape index (κ2) is 7.61. The van der Waals surface area contributed by atoms with E-state index in [1.165, 1.54) is 0 Å². The molecule has 5 rings (SSSR count). The molecule has 0 atom stereocenters. The van der Waals surface area contributed by atoms with Crippen molar-refractivity contribution >= 4 is 11.0 Å². The highest BCUT2D eigenvalue weighted by molar-refractivity contribution is 5.82. The van der Waals surface area contributed by atoms with Crippen LogP contribution in [0.15, 0.2) is 78.1 Å². The third kappa shape index (κ3) is 3.52. The zero-order valence-corrected chi connectivity index (χ0v) is 18.6. The smallest absolute Gasteiger partial charge is 0.333 e. The Bertz CT molecular complexity index is 1580. The van der Waals surface area contributed by atoms with Crippen LogP contribution in [0.4, 0.5) is 0 Å². The van der Waals surface area contributed by atoms with Gasteiger partial charge in [-0.05, 0) is 61.4 Å². The van der Waals surface area contributed by atoms with Crippen molar-refractivity contribution in [2.24, 2.45) is 7.05 Å². The number of imidazole rings is 1. The lowest BCUT2D eigenvalue weighted by Gasteiger charge is -2.16. The molecular formula is C26H22N6O. The summed E-state index contributed by atoms with van der Waals surface area (Å²) >= 11 is 0. The van der Waals surface area contributed by atoms with Gasteiger partial charge in [0, 0.05) is 42.8 Å². The Hall–Kier alpha value is -4.44. The molecule has 0 bridgehead atoms. The molecule has 33 heavy (non-hydrogen) atoms. The predicted molar refractivity (Wildman–Crippen MR) is 128 cm³/mol. The molecule has 5 aromatic rings. The molecule has 0 aliphatic carbocycles. The molecule has 1 aromatic carbocycles. The van der Waals surface area contributed by atoms with Crippen LogP contribution in [0.1, 0.15) is 19.4 Å². The maximum absolute atomic E-state index is 13.0. The molecule has 0 saturated carbocycles. The van der Waals surface area contributed by atoms with E-state index in [1.807, 2.05) is 68.7 Å². The minimum absolute atomic E-state index is 0.167. The van der Waals surface area contributed by atoms with Gasteiger partial charge in [-0.3, -0.25) is 9.55 Å². The molecule has 0 unspecified atom stereocenters. The lowest BCUT2D eigenvalue weighted by molar-refractivity contribution is 0.686. The fourth-order valence-electron chi connectivity index (χ4n) is 3.93. The summed E-state index contributed by atoms with van der Waals surface area (Å²) in [6.45, 7) is 3.74. The average Bonchev–Trinajstić information content (AvgIpc) is 3.43. The van der Waals surface area contributed by atoms with Crippen molar-refractivity contribution in [3.05, 3.63) is 89.4 Å². The standard InChI is InChI=1S/C26H22N6O/c1-26(2,16-27)20-4-6-21(7-5-20)32-23(15-31(3)25(32)33)22-13-17(8-10-28-22)19-12-18-9-11-29-24(18)30-14-19/h4-15H,1-3H3,(H,29,30). The number of pyridine rings is 2. The number of nitrogens with one attached hydrogen (secondary N) is 1. The lowest BCUT2D eigenvalue weighted by Crippen LogP contribution is -2.21. The summed E-state index contributed by atoms with van der Waals surface area (Å²) in [6, 6.07) is 17.8. The first kappa shape index (κ1) is 20.5. The normalized spacial score (nSPS) is 11.6. The van der Waals surface area contributed by atoms with Crippen LogP contribution in [0, 0.1) is 11.3 Å². The first-order valence-corrected chi connectivity index (χ1v) is 10.6. The summed E-state index contributed by atoms with van der Waals surface area (Å²) in [5, 5.41) is 10.4. The maximum Gasteiger partial charge on any atom is 0.333 e. The molecule has 0 aliphatic heterocycles. The molecule has 0 saturated heterocycles. The summed E-state index contributed by atoms with van der Waals surface area (Å²) in [7, 11) is 1.73. The Morgan fingerprint density at radius 1 is 1.03 bits per heavy atom. The average molecular weight is 435 g/mol. The second-order valence-corrected chi connectivity index (χ2v) is 8.60. The Balaban J connectivity index is 1.60. The van der Waals surface area contributed by atoms with Gasteiger partial charge in [-0.1, -0.05) is 12.1 Å². The van der Waals surface area contributed by atoms with Crippen molar-refractivity contribution in [1.29, 1.82) is 5.26 Å². The summed E-state index contributed by atoms with van der Waals surface area (Å²) in [6.07, 6.45) is 7.22. The lowest BCUT2D eigenvalue weighted by atomic mass is 9.86. The van der Waals surface area contributed by atoms with Crippen LogP contribution in [-0.4, -0.2) is 24.1 Å². The molecule has 0 aliphatic rings. The van der Waals surface area contributed by atoms with Gasteiger partial charge in [-0.2, -0.15) is 5.26 Å². The summed E-state index contributed by atoms with van der Waals surface area (Å²) < 4.78 is 3.19. The Kier molecular flexibility index (Phi) is 4.72. The molecule has 0 fully saturated rings. The van der Waals surface area contributed by atoms with Crippen LogP contribution in [0.5, 0.6) is 0 Å². The van der Waals surface area contributed by atoms with Crippen LogP contribution in [0.2, 0.25) is 0 Å². The van der Waals surface area contributed by atoms with Crippen molar-refractivity contribution in [2.75, 3.05) is 0 Å². The minimum atomic E-state index is -0.604. The summed E-state index contributed by atoms with van der Waals surface area (Å²) in [5.74, 6) is 0. The van der Waals surface area contributed by atoms with Gasteiger partial charge in [-0.15, -0.1) is 0 Å². The number of aromatic nitrogens is 5. The Morgan fingerprint density at radius 3 is 2.58 bits per heavy atom. The maximum atomic E-state index is 13.0. The molecule has 4 aromatic heterocycles. The predicted octanol–water partition coefficient (Wildman–Crippen LogP) is 4.58. The fraction of sp³-hybridized carbons (Fsp3) is 0.154. The largest absolute Gasteiger partial charge is 0.346 e. The first-order valence-electron chi connectivity index (χ1n) is 10.6. The van der Waals surface area contributed by atoms with Gasteiger partial charge in [0.25, 0.3) is 0 Å². The van der Waals surface area contributed by atoms with Crippen LogP contribution in [-0.2, 0) is 12.5 Å². The van der Waals surface area contributed by atoms with Gasteiger partial charge in [0.2, 0.25) is 0 Å². The van der Waals surface area contributed by atoms with E-state index in [0.717, 1.165) is 33.4 Å². The van der Waals surface area contributed by atoms with E-state index in [9.17, 15) is 10.1 Å². The van der Waals surface area contributed by atoms with Crippen molar-refractivity contribution in [3.8, 4) is 34.3 Å². The van der Waals surface area contributed by atoms with Gasteiger partial charge in [0.05, 0.1) is 28.6 Å². The van der Waals surface area contributed by atoms with Crippen LogP contribution in [0.25, 0.3) is 39.2 Å². The van der Waals surface area contributed by atoms with E-state index in [0.29, 0.717) is 11.4 Å². The number of aryl methyl sites for hydroxylation is 1. The van der Waals surface area contributed by atoms with Gasteiger partial charge >= 0.3 is 5.69 Å². The topological polar surface area (TPSA) is 92.3 Å². The number of nitrogens with zero attached hydrogens (tertiary/aromatic N) is 5. The summed E-state index contributed by atoms with van der Waals surface area (Å²) in [4.78, 5) is 25.1. The molecule has 7 heteroatoms. The minimum Gasteiger partial charge on any atom is -0.346 e. The number of H-pyrrole nitrogens is 1. The highest BCUT2D eigenvalue weighted by Gasteiger charge is 2.20. The van der Waals surface area contributed by atoms with E-state index < -0.39 is 5.41 Å². The van der Waals surface area contributed by atoms with Crippen LogP contribution >= 0.6 is 0 Å². The molecule has 0 spiro atoms. The molecule has 4 heterocycles. The number of aromatic amines is 1. The number of hydrogen-bond acceptors (Lipinski definition) is 4. The third-order valence-corrected chi connectivity index (χ3v) is 5.93. The highest BCUT2D eigenvalue weighted by atomic mass is 16.1. The molecule has 0 radical (unpaired) electrons. The first-order chi connectivity index (χ1) is 15.9. The van der Waals surface area contributed by atoms with Crippen LogP contribution < -0.4 is 5.69 Å². The highest BCUT2D eigenvalue weighted by Crippen LogP contribution is 2.28. The third-order valence-electron chi connectivity index (χ3n) is 5.93. The van der Waals surface area contributed by atoms with Crippen molar-refractivity contribution in [1.82, 2.24) is 24.1 Å². The molecule has 162 valence electrons. The quantitative estimate of drug-likeness (QED) is 0.448. The van der Waals surface area contributed by atoms with E-state index >= 15 is 0 Å². The van der Waals surface area contributed by atoms with Gasteiger partial charge < -0.3 is 9.55 Å². The van der Waals surface area contributed by atoms with Crippen molar-refractivity contribution < 1.29 is 0 Å². The van der Waals surface area contributed by atoms with Crippen molar-refractivity contribution in [3.63, 3.8) is 0 Å². The van der Waals surface area contributed by atoms with E-state index in [4.69, 9.17) is 0 Å². The monoisotopic (exact) mass is 434 g/mol. The summed E-state index contributed by atoms with van der Waals surface area (Å²) in [5.41, 5.74) is 4.99. The fourth-order valence-corrected chi connectivity index (χ4v) is 3.93. The van der Waals surface area contributed by atoms with Crippen LogP contribution in [0.3, 0.4) is 0 Å². The number of benzene rings is 1. The number of rotatable bonds is 4. The van der Waals surface area contributed by atoms with E-state index in [-0.39, 0.29) is 5.69 Å². The van der Waals surface area contributed by atoms with Crippen molar-refractivity contribution in [2.45, 2.75) is 19.3 Å². The Labute approximate surface area is 190 Å². The number of nitriles is 1. The number of fused-ring (bicyclic) bond motifs is 1. The van der Waals surface area contributed by atoms with E-state index in [2.05, 4.69) is 27.1 Å². The molecule has 7 nitrogen and oxygen atoms in total. The van der Waals surface area contributed by atoms with Gasteiger partial charge in [-0.25, -0.2) is 9.78 Å². The molecule has 0 amide bonds. The molecular weight excluding hydrogens is 412 g/mol. The van der Waals surface area contributed by atoms with Gasteiger partial charge in [0.1, 0.15) is 5.65 Å². The van der Waals surface area contributed by atoms with E-state index in [1.54, 1.807) is 28.6 Å². The zero-order valence-electron chi connectivity index (χ0n) is 18.6. The number of hydrogen-bond donors (Lipinski definition) is 1. The van der Waals surface area contributed by atoms with Gasteiger partial charge in [0.15, 0.2) is 0 Å². The zero-order chi connectivity index (χ0) is 23.2. The molecule has 1 N–H and O–H groups in total. The Morgan fingerprint density at radius 2 is 1.82 bits per heavy atom. The SMILES string of the molecule is Cn1cc(-c2cc(-c3cnc4[nH]ccc4c3)ccn2)n(-c2ccc(C(C)(C)C#N)cc2)c1=O. The second-order valence-electron chi connectivity index (χ2n) is 8.60.